The maximum atomic E-state index is 10.1. The summed E-state index contributed by atoms with van der Waals surface area (Å²) in [7, 11) is -2.66. The monoisotopic (exact) mass is 236 g/mol. The molecule has 0 N–H and O–H groups in total. The Labute approximate surface area is 87.4 Å². The predicted molar refractivity (Wildman–Crippen MR) is 56.9 cm³/mol. The van der Waals surface area contributed by atoms with E-state index in [2.05, 4.69) is 5.63 Å². The molecule has 6 heteroatoms. The molecule has 0 saturated heterocycles. The zero-order valence-electron chi connectivity index (χ0n) is 8.91. The normalized spacial score (nSPS) is 11.1. The second kappa shape index (κ2) is 8.42. The summed E-state index contributed by atoms with van der Waals surface area (Å²) in [6, 6.07) is 0.714. The van der Waals surface area contributed by atoms with Gasteiger partial charge >= 0.3 is 86.8 Å². The van der Waals surface area contributed by atoms with Crippen LogP contribution < -0.4 is 0 Å². The third kappa shape index (κ3) is 5.10. The molecule has 0 spiro atoms. The van der Waals surface area contributed by atoms with Gasteiger partial charge in [0.25, 0.3) is 0 Å². The molecule has 0 aromatic rings. The van der Waals surface area contributed by atoms with Crippen LogP contribution in [-0.4, -0.2) is 28.6 Å². The van der Waals surface area contributed by atoms with Crippen molar-refractivity contribution in [2.45, 2.75) is 26.8 Å². The van der Waals surface area contributed by atoms with Crippen LogP contribution in [0.3, 0.4) is 0 Å². The standard InChI is InChI=1S/C8H17O4PSi/c1-4-10-14(6-3,11-5-2)12-7-8-13-9/h4-7H2,1-3H3. The Morgan fingerprint density at radius 2 is 1.71 bits per heavy atom. The van der Waals surface area contributed by atoms with Crippen LogP contribution in [0.2, 0.25) is 6.04 Å². The second-order valence-corrected chi connectivity index (χ2v) is 5.88. The molecule has 14 heavy (non-hydrogen) atoms. The van der Waals surface area contributed by atoms with Crippen molar-refractivity contribution in [1.29, 1.82) is 0 Å². The zero-order valence-corrected chi connectivity index (χ0v) is 10.8. The van der Waals surface area contributed by atoms with Crippen molar-refractivity contribution in [1.82, 2.24) is 0 Å². The zero-order chi connectivity index (χ0) is 10.9. The van der Waals surface area contributed by atoms with E-state index in [9.17, 15) is 4.57 Å². The van der Waals surface area contributed by atoms with E-state index in [1.54, 1.807) is 0 Å². The van der Waals surface area contributed by atoms with Crippen LogP contribution in [0.5, 0.6) is 0 Å². The first-order chi connectivity index (χ1) is 6.74. The van der Waals surface area contributed by atoms with Gasteiger partial charge in [-0.2, -0.15) is 0 Å². The average Bonchev–Trinajstić information content (AvgIpc) is 2.19. The Balaban J connectivity index is 4.28. The van der Waals surface area contributed by atoms with E-state index < -0.39 is 8.80 Å². The summed E-state index contributed by atoms with van der Waals surface area (Å²) in [6.07, 6.45) is 0. The Kier molecular flexibility index (Phi) is 8.48. The molecule has 0 aromatic heterocycles. The first-order valence-electron chi connectivity index (χ1n) is 4.71. The molecule has 0 unspecified atom stereocenters. The van der Waals surface area contributed by atoms with E-state index in [4.69, 9.17) is 13.3 Å². The van der Waals surface area contributed by atoms with Crippen LogP contribution in [0.15, 0.2) is 0 Å². The van der Waals surface area contributed by atoms with Gasteiger partial charge in [-0.3, -0.25) is 0 Å². The van der Waals surface area contributed by atoms with E-state index >= 15 is 0 Å². The molecule has 0 amide bonds. The molecule has 0 aromatic carbocycles. The summed E-state index contributed by atoms with van der Waals surface area (Å²) < 4.78 is 26.6. The fraction of sp³-hybridized carbons (Fsp3) is 0.875. The molecule has 0 fully saturated rings. The van der Waals surface area contributed by atoms with E-state index in [1.807, 2.05) is 20.8 Å². The fourth-order valence-electron chi connectivity index (χ4n) is 1.04. The molecule has 82 valence electrons. The number of hydrogen-bond donors (Lipinski definition) is 0. The summed E-state index contributed by atoms with van der Waals surface area (Å²) in [6.45, 7) is 7.08. The van der Waals surface area contributed by atoms with Crippen LogP contribution >= 0.6 is 7.92 Å². The molecule has 4 nitrogen and oxygen atoms in total. The summed E-state index contributed by atoms with van der Waals surface area (Å²) in [4.78, 5) is 0. The Hall–Kier alpha value is 0.107. The minimum absolute atomic E-state index is 0.145. The third-order valence-corrected chi connectivity index (χ3v) is 4.75. The van der Waals surface area contributed by atoms with Gasteiger partial charge in [-0.1, -0.05) is 0 Å². The molecule has 0 aliphatic rings. The van der Waals surface area contributed by atoms with Crippen LogP contribution in [0.4, 0.5) is 0 Å². The van der Waals surface area contributed by atoms with Crippen molar-refractivity contribution in [3.05, 3.63) is 0 Å². The van der Waals surface area contributed by atoms with E-state index in [-0.39, 0.29) is 14.5 Å². The fourth-order valence-corrected chi connectivity index (χ4v) is 3.31. The molecular weight excluding hydrogens is 219 g/mol. The van der Waals surface area contributed by atoms with Crippen LogP contribution in [0.1, 0.15) is 20.8 Å². The van der Waals surface area contributed by atoms with Crippen molar-refractivity contribution in [3.8, 4) is 5.63 Å². The average molecular weight is 236 g/mol. The minimum atomic E-state index is -2.51. The SMILES string of the molecule is CCO[Si](CC)(OCC)OCC#P=O. The van der Waals surface area contributed by atoms with Crippen LogP contribution in [0, 0.1) is 5.63 Å². The second-order valence-electron chi connectivity index (χ2n) is 2.44. The molecular formula is C8H17O4PSi. The quantitative estimate of drug-likeness (QED) is 0.502. The van der Waals surface area contributed by atoms with Crippen molar-refractivity contribution in [2.24, 2.45) is 0 Å². The first kappa shape index (κ1) is 14.1. The summed E-state index contributed by atoms with van der Waals surface area (Å²) in [5.41, 5.74) is 2.52. The van der Waals surface area contributed by atoms with Gasteiger partial charge in [0.1, 0.15) is 0 Å². The van der Waals surface area contributed by atoms with Gasteiger partial charge in [0.05, 0.1) is 0 Å². The molecule has 0 radical (unpaired) electrons. The maximum absolute atomic E-state index is 10.1. The number of rotatable bonds is 7. The third-order valence-electron chi connectivity index (χ3n) is 1.58. The molecule has 0 saturated carbocycles. The van der Waals surface area contributed by atoms with Gasteiger partial charge in [0, 0.05) is 0 Å². The van der Waals surface area contributed by atoms with E-state index in [0.29, 0.717) is 19.3 Å². The van der Waals surface area contributed by atoms with Crippen LogP contribution in [-0.2, 0) is 17.8 Å². The predicted octanol–water partition coefficient (Wildman–Crippen LogP) is 2.29. The van der Waals surface area contributed by atoms with E-state index in [0.717, 1.165) is 0 Å². The van der Waals surface area contributed by atoms with Crippen molar-refractivity contribution < 1.29 is 17.8 Å². The molecule has 0 aliphatic carbocycles. The molecule has 0 atom stereocenters. The van der Waals surface area contributed by atoms with Gasteiger partial charge in [-0.15, -0.1) is 0 Å². The number of hydrogen-bond acceptors (Lipinski definition) is 4. The summed E-state index contributed by atoms with van der Waals surface area (Å²) in [5, 5.41) is 0. The molecule has 0 aliphatic heterocycles. The van der Waals surface area contributed by atoms with Crippen molar-refractivity contribution in [3.63, 3.8) is 0 Å². The topological polar surface area (TPSA) is 44.8 Å². The van der Waals surface area contributed by atoms with Gasteiger partial charge in [0.15, 0.2) is 0 Å². The van der Waals surface area contributed by atoms with Crippen molar-refractivity contribution >= 4 is 16.7 Å². The van der Waals surface area contributed by atoms with Gasteiger partial charge in [-0.05, 0) is 0 Å². The summed E-state index contributed by atoms with van der Waals surface area (Å²) in [5.74, 6) is 0. The van der Waals surface area contributed by atoms with E-state index in [1.165, 1.54) is 0 Å². The van der Waals surface area contributed by atoms with Crippen molar-refractivity contribution in [2.75, 3.05) is 19.8 Å². The van der Waals surface area contributed by atoms with Gasteiger partial charge < -0.3 is 0 Å². The molecule has 0 bridgehead atoms. The Morgan fingerprint density at radius 3 is 2.07 bits per heavy atom. The van der Waals surface area contributed by atoms with Gasteiger partial charge in [0.2, 0.25) is 0 Å². The molecule has 0 rings (SSSR count). The first-order valence-corrected chi connectivity index (χ1v) is 7.46. The summed E-state index contributed by atoms with van der Waals surface area (Å²) >= 11 is 0. The van der Waals surface area contributed by atoms with Crippen LogP contribution in [0.25, 0.3) is 0 Å². The Bertz CT molecular complexity index is 233. The Morgan fingerprint density at radius 1 is 1.14 bits per heavy atom. The molecule has 0 heterocycles. The van der Waals surface area contributed by atoms with Gasteiger partial charge in [-0.25, -0.2) is 0 Å².